The minimum absolute atomic E-state index is 0.0781. The number of rotatable bonds is 3. The van der Waals surface area contributed by atoms with Gasteiger partial charge in [0.1, 0.15) is 11.3 Å². The highest BCUT2D eigenvalue weighted by molar-refractivity contribution is 5.92. The van der Waals surface area contributed by atoms with E-state index in [1.807, 2.05) is 6.07 Å². The molecule has 86 valence electrons. The van der Waals surface area contributed by atoms with Crippen LogP contribution < -0.4 is 0 Å². The Morgan fingerprint density at radius 2 is 2.00 bits per heavy atom. The third kappa shape index (κ3) is 2.18. The Morgan fingerprint density at radius 3 is 2.62 bits per heavy atom. The average Bonchev–Trinajstić information content (AvgIpc) is 2.70. The van der Waals surface area contributed by atoms with Crippen molar-refractivity contribution in [3.05, 3.63) is 29.3 Å². The van der Waals surface area contributed by atoms with E-state index in [1.54, 1.807) is 6.07 Å². The van der Waals surface area contributed by atoms with Crippen LogP contribution in [0.2, 0.25) is 0 Å². The van der Waals surface area contributed by atoms with E-state index in [9.17, 15) is 9.90 Å². The highest BCUT2D eigenvalue weighted by Crippen LogP contribution is 2.31. The Balaban J connectivity index is 2.25. The van der Waals surface area contributed by atoms with Crippen molar-refractivity contribution in [1.29, 1.82) is 0 Å². The van der Waals surface area contributed by atoms with Gasteiger partial charge in [-0.1, -0.05) is 37.8 Å². The maximum absolute atomic E-state index is 11.1. The molecule has 1 aliphatic rings. The first kappa shape index (κ1) is 11.0. The molecule has 0 bridgehead atoms. The van der Waals surface area contributed by atoms with Gasteiger partial charge in [-0.05, 0) is 24.0 Å². The van der Waals surface area contributed by atoms with Crippen LogP contribution in [0.4, 0.5) is 0 Å². The predicted octanol–water partition coefficient (Wildman–Crippen LogP) is 2.82. The van der Waals surface area contributed by atoms with Crippen molar-refractivity contribution in [1.82, 2.24) is 0 Å². The van der Waals surface area contributed by atoms with Gasteiger partial charge in [0, 0.05) is 0 Å². The van der Waals surface area contributed by atoms with Crippen LogP contribution in [0.3, 0.4) is 0 Å². The van der Waals surface area contributed by atoms with Crippen molar-refractivity contribution in [2.45, 2.75) is 32.1 Å². The lowest BCUT2D eigenvalue weighted by atomic mass is 9.94. The second kappa shape index (κ2) is 4.56. The van der Waals surface area contributed by atoms with Crippen LogP contribution in [-0.2, 0) is 6.42 Å². The maximum atomic E-state index is 11.1. The molecular formula is C13H16O3. The number of carboxylic acid groups (broad SMARTS) is 1. The van der Waals surface area contributed by atoms with Crippen molar-refractivity contribution in [3.8, 4) is 5.75 Å². The normalized spacial score (nSPS) is 16.5. The molecule has 2 rings (SSSR count). The summed E-state index contributed by atoms with van der Waals surface area (Å²) < 4.78 is 0. The first-order valence-electron chi connectivity index (χ1n) is 5.72. The van der Waals surface area contributed by atoms with Crippen molar-refractivity contribution in [2.75, 3.05) is 0 Å². The molecule has 0 unspecified atom stereocenters. The highest BCUT2D eigenvalue weighted by atomic mass is 16.4. The second-order valence-electron chi connectivity index (χ2n) is 4.47. The monoisotopic (exact) mass is 220 g/mol. The molecule has 0 aromatic heterocycles. The summed E-state index contributed by atoms with van der Waals surface area (Å²) >= 11 is 0. The largest absolute Gasteiger partial charge is 0.507 e. The first-order valence-corrected chi connectivity index (χ1v) is 5.72. The summed E-state index contributed by atoms with van der Waals surface area (Å²) in [7, 11) is 0. The van der Waals surface area contributed by atoms with Gasteiger partial charge in [-0.15, -0.1) is 0 Å². The van der Waals surface area contributed by atoms with Gasteiger partial charge in [0.2, 0.25) is 0 Å². The number of phenols is 1. The molecule has 1 saturated carbocycles. The van der Waals surface area contributed by atoms with Crippen molar-refractivity contribution in [2.24, 2.45) is 5.92 Å². The smallest absolute Gasteiger partial charge is 0.339 e. The fraction of sp³-hybridized carbons (Fsp3) is 0.462. The SMILES string of the molecule is O=C(O)c1c(O)cccc1CC1CCCC1. The zero-order valence-corrected chi connectivity index (χ0v) is 9.15. The van der Waals surface area contributed by atoms with E-state index in [-0.39, 0.29) is 11.3 Å². The molecule has 0 amide bonds. The Labute approximate surface area is 94.7 Å². The molecule has 0 heterocycles. The van der Waals surface area contributed by atoms with Gasteiger partial charge < -0.3 is 10.2 Å². The van der Waals surface area contributed by atoms with Gasteiger partial charge >= 0.3 is 5.97 Å². The molecule has 1 aliphatic carbocycles. The number of benzene rings is 1. The van der Waals surface area contributed by atoms with Crippen LogP contribution in [-0.4, -0.2) is 16.2 Å². The molecule has 1 fully saturated rings. The van der Waals surface area contributed by atoms with Gasteiger partial charge in [0.15, 0.2) is 0 Å². The molecule has 16 heavy (non-hydrogen) atoms. The number of carbonyl (C=O) groups is 1. The zero-order chi connectivity index (χ0) is 11.5. The molecule has 0 atom stereocenters. The fourth-order valence-electron chi connectivity index (χ4n) is 2.53. The number of hydrogen-bond donors (Lipinski definition) is 2. The Morgan fingerprint density at radius 1 is 1.31 bits per heavy atom. The molecule has 0 radical (unpaired) electrons. The summed E-state index contributed by atoms with van der Waals surface area (Å²) in [5.41, 5.74) is 0.841. The Kier molecular flexibility index (Phi) is 3.13. The van der Waals surface area contributed by atoms with Crippen LogP contribution in [0, 0.1) is 5.92 Å². The standard InChI is InChI=1S/C13H16O3/c14-11-7-3-6-10(12(11)13(15)16)8-9-4-1-2-5-9/h3,6-7,9,14H,1-2,4-5,8H2,(H,15,16). The lowest BCUT2D eigenvalue weighted by Crippen LogP contribution is -2.07. The van der Waals surface area contributed by atoms with Gasteiger partial charge in [-0.3, -0.25) is 0 Å². The molecule has 3 nitrogen and oxygen atoms in total. The van der Waals surface area contributed by atoms with Crippen LogP contribution in [0.25, 0.3) is 0 Å². The second-order valence-corrected chi connectivity index (χ2v) is 4.47. The topological polar surface area (TPSA) is 57.5 Å². The van der Waals surface area contributed by atoms with Gasteiger partial charge in [0.25, 0.3) is 0 Å². The highest BCUT2D eigenvalue weighted by Gasteiger charge is 2.20. The van der Waals surface area contributed by atoms with Crippen LogP contribution in [0.1, 0.15) is 41.6 Å². The van der Waals surface area contributed by atoms with Gasteiger partial charge in [0.05, 0.1) is 0 Å². The summed E-state index contributed by atoms with van der Waals surface area (Å²) in [4.78, 5) is 11.1. The van der Waals surface area contributed by atoms with Crippen molar-refractivity contribution < 1.29 is 15.0 Å². The van der Waals surface area contributed by atoms with Crippen molar-refractivity contribution in [3.63, 3.8) is 0 Å². The van der Waals surface area contributed by atoms with Crippen LogP contribution in [0.5, 0.6) is 5.75 Å². The molecule has 0 aliphatic heterocycles. The summed E-state index contributed by atoms with van der Waals surface area (Å²) in [5.74, 6) is -0.575. The lowest BCUT2D eigenvalue weighted by molar-refractivity contribution is 0.0692. The quantitative estimate of drug-likeness (QED) is 0.823. The summed E-state index contributed by atoms with van der Waals surface area (Å²) in [5, 5.41) is 18.6. The molecule has 3 heteroatoms. The zero-order valence-electron chi connectivity index (χ0n) is 9.15. The first-order chi connectivity index (χ1) is 7.68. The molecule has 0 saturated heterocycles. The van der Waals surface area contributed by atoms with E-state index in [0.29, 0.717) is 5.92 Å². The van der Waals surface area contributed by atoms with E-state index < -0.39 is 5.97 Å². The number of hydrogen-bond acceptors (Lipinski definition) is 2. The minimum Gasteiger partial charge on any atom is -0.507 e. The van der Waals surface area contributed by atoms with Crippen LogP contribution in [0.15, 0.2) is 18.2 Å². The third-order valence-electron chi connectivity index (χ3n) is 3.33. The number of aromatic hydroxyl groups is 1. The number of carboxylic acids is 1. The summed E-state index contributed by atoms with van der Waals surface area (Å²) in [6.45, 7) is 0. The Bertz CT molecular complexity index is 392. The Hall–Kier alpha value is -1.51. The van der Waals surface area contributed by atoms with Gasteiger partial charge in [-0.25, -0.2) is 4.79 Å². The van der Waals surface area contributed by atoms with Gasteiger partial charge in [-0.2, -0.15) is 0 Å². The molecule has 2 N–H and O–H groups in total. The summed E-state index contributed by atoms with van der Waals surface area (Å²) in [6, 6.07) is 4.95. The molecule has 0 spiro atoms. The predicted molar refractivity (Wildman–Crippen MR) is 60.7 cm³/mol. The van der Waals surface area contributed by atoms with E-state index in [1.165, 1.54) is 31.7 Å². The summed E-state index contributed by atoms with van der Waals surface area (Å²) in [6.07, 6.45) is 5.61. The van der Waals surface area contributed by atoms with Crippen LogP contribution >= 0.6 is 0 Å². The lowest BCUT2D eigenvalue weighted by Gasteiger charge is -2.12. The van der Waals surface area contributed by atoms with Crippen molar-refractivity contribution >= 4 is 5.97 Å². The average molecular weight is 220 g/mol. The molecular weight excluding hydrogens is 204 g/mol. The van der Waals surface area contributed by atoms with E-state index in [0.717, 1.165) is 12.0 Å². The third-order valence-corrected chi connectivity index (χ3v) is 3.33. The maximum Gasteiger partial charge on any atom is 0.339 e. The minimum atomic E-state index is -1.04. The molecule has 1 aromatic carbocycles. The number of aromatic carboxylic acids is 1. The van der Waals surface area contributed by atoms with E-state index in [2.05, 4.69) is 0 Å². The van der Waals surface area contributed by atoms with E-state index in [4.69, 9.17) is 5.11 Å². The van der Waals surface area contributed by atoms with E-state index >= 15 is 0 Å². The fourth-order valence-corrected chi connectivity index (χ4v) is 2.53. The molecule has 1 aromatic rings.